The molecule has 2 heterocycles. The number of halogens is 3. The zero-order valence-electron chi connectivity index (χ0n) is 11.3. The Hall–Kier alpha value is -1.96. The van der Waals surface area contributed by atoms with Gasteiger partial charge in [0, 0.05) is 25.0 Å². The average Bonchev–Trinajstić information content (AvgIpc) is 2.79. The van der Waals surface area contributed by atoms with Crippen molar-refractivity contribution in [1.82, 2.24) is 14.9 Å². The third-order valence-corrected chi connectivity index (χ3v) is 3.86. The third-order valence-electron chi connectivity index (χ3n) is 2.66. The summed E-state index contributed by atoms with van der Waals surface area (Å²) in [6, 6.07) is 3.50. The van der Waals surface area contributed by atoms with Crippen LogP contribution in [0, 0.1) is 6.92 Å². The number of alkyl halides is 3. The molecule has 21 heavy (non-hydrogen) atoms. The fourth-order valence-corrected chi connectivity index (χ4v) is 2.77. The molecule has 1 amide bonds. The van der Waals surface area contributed by atoms with Crippen LogP contribution in [0.1, 0.15) is 15.4 Å². The van der Waals surface area contributed by atoms with Crippen molar-refractivity contribution in [3.8, 4) is 10.6 Å². The summed E-state index contributed by atoms with van der Waals surface area (Å²) in [5.41, 5.74) is 1.14. The molecule has 2 rings (SSSR count). The standard InChI is InChI=1S/C13H12F3N3OS/c1-8-10(12(20)19(2)7-13(14,15)16)21-11(18-8)9-4-3-5-17-6-9/h3-6H,7H2,1-2H3. The Morgan fingerprint density at radius 3 is 2.71 bits per heavy atom. The maximum atomic E-state index is 12.3. The van der Waals surface area contributed by atoms with Crippen LogP contribution in [0.2, 0.25) is 0 Å². The number of nitrogens with zero attached hydrogens (tertiary/aromatic N) is 3. The predicted octanol–water partition coefficient (Wildman–Crippen LogP) is 3.15. The number of hydrogen-bond donors (Lipinski definition) is 0. The lowest BCUT2D eigenvalue weighted by Gasteiger charge is -2.18. The van der Waals surface area contributed by atoms with E-state index in [0.29, 0.717) is 15.6 Å². The molecule has 0 bridgehead atoms. The molecule has 0 N–H and O–H groups in total. The highest BCUT2D eigenvalue weighted by Crippen LogP contribution is 2.28. The van der Waals surface area contributed by atoms with Gasteiger partial charge in [-0.3, -0.25) is 9.78 Å². The minimum atomic E-state index is -4.42. The summed E-state index contributed by atoms with van der Waals surface area (Å²) in [7, 11) is 1.12. The maximum Gasteiger partial charge on any atom is 0.406 e. The molecule has 0 spiro atoms. The van der Waals surface area contributed by atoms with Gasteiger partial charge < -0.3 is 4.90 Å². The number of pyridine rings is 1. The molecule has 2 aromatic heterocycles. The molecule has 0 aliphatic carbocycles. The lowest BCUT2D eigenvalue weighted by Crippen LogP contribution is -2.35. The molecule has 0 atom stereocenters. The lowest BCUT2D eigenvalue weighted by molar-refractivity contribution is -0.138. The van der Waals surface area contributed by atoms with Gasteiger partial charge in [0.05, 0.1) is 5.69 Å². The van der Waals surface area contributed by atoms with E-state index in [2.05, 4.69) is 9.97 Å². The zero-order chi connectivity index (χ0) is 15.6. The number of thiazole rings is 1. The number of amides is 1. The summed E-state index contributed by atoms with van der Waals surface area (Å²) in [4.78, 5) is 21.1. The van der Waals surface area contributed by atoms with Crippen LogP contribution < -0.4 is 0 Å². The minimum Gasteiger partial charge on any atom is -0.332 e. The number of carbonyl (C=O) groups is 1. The molecular weight excluding hydrogens is 303 g/mol. The van der Waals surface area contributed by atoms with Crippen LogP contribution in [0.5, 0.6) is 0 Å². The second-order valence-electron chi connectivity index (χ2n) is 4.45. The SMILES string of the molecule is Cc1nc(-c2cccnc2)sc1C(=O)N(C)CC(F)(F)F. The number of aromatic nitrogens is 2. The molecule has 112 valence electrons. The van der Waals surface area contributed by atoms with E-state index in [0.717, 1.165) is 23.9 Å². The Balaban J connectivity index is 2.25. The molecule has 0 saturated carbocycles. The molecule has 2 aromatic rings. The molecule has 0 saturated heterocycles. The highest BCUT2D eigenvalue weighted by atomic mass is 32.1. The quantitative estimate of drug-likeness (QED) is 0.874. The average molecular weight is 315 g/mol. The van der Waals surface area contributed by atoms with Crippen molar-refractivity contribution in [3.05, 3.63) is 35.1 Å². The molecule has 0 unspecified atom stereocenters. The largest absolute Gasteiger partial charge is 0.406 e. The molecule has 0 aromatic carbocycles. The molecule has 8 heteroatoms. The van der Waals surface area contributed by atoms with Crippen LogP contribution in [-0.4, -0.2) is 40.5 Å². The van der Waals surface area contributed by atoms with E-state index < -0.39 is 18.6 Å². The van der Waals surface area contributed by atoms with Crippen molar-refractivity contribution >= 4 is 17.2 Å². The first kappa shape index (κ1) is 15.4. The van der Waals surface area contributed by atoms with Gasteiger partial charge in [-0.1, -0.05) is 0 Å². The van der Waals surface area contributed by atoms with Crippen molar-refractivity contribution in [1.29, 1.82) is 0 Å². The van der Waals surface area contributed by atoms with Gasteiger partial charge in [-0.15, -0.1) is 11.3 Å². The third kappa shape index (κ3) is 3.78. The van der Waals surface area contributed by atoms with Crippen molar-refractivity contribution in [2.24, 2.45) is 0 Å². The van der Waals surface area contributed by atoms with Crippen LogP contribution in [-0.2, 0) is 0 Å². The summed E-state index contributed by atoms with van der Waals surface area (Å²) in [6.45, 7) is 0.316. The van der Waals surface area contributed by atoms with Crippen molar-refractivity contribution in [2.45, 2.75) is 13.1 Å². The summed E-state index contributed by atoms with van der Waals surface area (Å²) >= 11 is 1.07. The second kappa shape index (κ2) is 5.80. The Morgan fingerprint density at radius 2 is 2.14 bits per heavy atom. The molecule has 0 aliphatic heterocycles. The smallest absolute Gasteiger partial charge is 0.332 e. The summed E-state index contributed by atoms with van der Waals surface area (Å²) in [6.07, 6.45) is -1.23. The van der Waals surface area contributed by atoms with Gasteiger partial charge in [0.25, 0.3) is 5.91 Å². The predicted molar refractivity (Wildman–Crippen MR) is 73.1 cm³/mol. The van der Waals surface area contributed by atoms with Gasteiger partial charge in [0.15, 0.2) is 0 Å². The highest BCUT2D eigenvalue weighted by molar-refractivity contribution is 7.17. The normalized spacial score (nSPS) is 11.5. The Kier molecular flexibility index (Phi) is 4.26. The summed E-state index contributed by atoms with van der Waals surface area (Å²) in [5.74, 6) is -0.683. The first-order valence-electron chi connectivity index (χ1n) is 5.98. The van der Waals surface area contributed by atoms with Crippen LogP contribution in [0.3, 0.4) is 0 Å². The van der Waals surface area contributed by atoms with Crippen LogP contribution >= 0.6 is 11.3 Å². The van der Waals surface area contributed by atoms with E-state index in [-0.39, 0.29) is 4.88 Å². The van der Waals surface area contributed by atoms with E-state index in [1.807, 2.05) is 0 Å². The zero-order valence-corrected chi connectivity index (χ0v) is 12.1. The second-order valence-corrected chi connectivity index (χ2v) is 5.45. The summed E-state index contributed by atoms with van der Waals surface area (Å²) in [5, 5.41) is 0.560. The van der Waals surface area contributed by atoms with E-state index >= 15 is 0 Å². The Morgan fingerprint density at radius 1 is 1.43 bits per heavy atom. The van der Waals surface area contributed by atoms with Crippen molar-refractivity contribution < 1.29 is 18.0 Å². The van der Waals surface area contributed by atoms with Crippen LogP contribution in [0.15, 0.2) is 24.5 Å². The van der Waals surface area contributed by atoms with E-state index in [9.17, 15) is 18.0 Å². The van der Waals surface area contributed by atoms with Crippen LogP contribution in [0.25, 0.3) is 10.6 Å². The van der Waals surface area contributed by atoms with E-state index in [1.54, 1.807) is 31.5 Å². The lowest BCUT2D eigenvalue weighted by atomic mass is 10.3. The Bertz CT molecular complexity index is 640. The van der Waals surface area contributed by atoms with Gasteiger partial charge in [-0.25, -0.2) is 4.98 Å². The number of carbonyl (C=O) groups excluding carboxylic acids is 1. The first-order chi connectivity index (χ1) is 9.78. The van der Waals surface area contributed by atoms with Gasteiger partial charge in [0.2, 0.25) is 0 Å². The molecule has 0 fully saturated rings. The fourth-order valence-electron chi connectivity index (χ4n) is 1.72. The fraction of sp³-hybridized carbons (Fsp3) is 0.308. The Labute approximate surface area is 123 Å². The topological polar surface area (TPSA) is 46.1 Å². The maximum absolute atomic E-state index is 12.3. The first-order valence-corrected chi connectivity index (χ1v) is 6.79. The molecular formula is C13H12F3N3OS. The van der Waals surface area contributed by atoms with Gasteiger partial charge in [0.1, 0.15) is 16.4 Å². The molecule has 4 nitrogen and oxygen atoms in total. The number of hydrogen-bond acceptors (Lipinski definition) is 4. The van der Waals surface area contributed by atoms with E-state index in [4.69, 9.17) is 0 Å². The molecule has 0 radical (unpaired) electrons. The number of rotatable bonds is 3. The van der Waals surface area contributed by atoms with Gasteiger partial charge >= 0.3 is 6.18 Å². The van der Waals surface area contributed by atoms with Crippen molar-refractivity contribution in [2.75, 3.05) is 13.6 Å². The van der Waals surface area contributed by atoms with E-state index in [1.165, 1.54) is 0 Å². The number of aryl methyl sites for hydroxylation is 1. The molecule has 0 aliphatic rings. The highest BCUT2D eigenvalue weighted by Gasteiger charge is 2.32. The van der Waals surface area contributed by atoms with Gasteiger partial charge in [-0.05, 0) is 19.1 Å². The van der Waals surface area contributed by atoms with Gasteiger partial charge in [-0.2, -0.15) is 13.2 Å². The van der Waals surface area contributed by atoms with Crippen molar-refractivity contribution in [3.63, 3.8) is 0 Å². The van der Waals surface area contributed by atoms with Crippen LogP contribution in [0.4, 0.5) is 13.2 Å². The summed E-state index contributed by atoms with van der Waals surface area (Å²) < 4.78 is 37.0. The minimum absolute atomic E-state index is 0.209. The monoisotopic (exact) mass is 315 g/mol.